The molecule has 0 radical (unpaired) electrons. The van der Waals surface area contributed by atoms with Gasteiger partial charge in [-0.3, -0.25) is 0 Å². The van der Waals surface area contributed by atoms with Crippen LogP contribution in [0, 0.1) is 0 Å². The molecule has 0 N–H and O–H groups in total. The van der Waals surface area contributed by atoms with Crippen molar-refractivity contribution >= 4 is 22.6 Å². The van der Waals surface area contributed by atoms with Gasteiger partial charge in [-0.1, -0.05) is 6.08 Å². The molecule has 2 nitrogen and oxygen atoms in total. The summed E-state index contributed by atoms with van der Waals surface area (Å²) in [6, 6.07) is 0. The average Bonchev–Trinajstić information content (AvgIpc) is 2.25. The summed E-state index contributed by atoms with van der Waals surface area (Å²) in [6.45, 7) is 3.96. The van der Waals surface area contributed by atoms with Gasteiger partial charge in [0.05, 0.1) is 6.10 Å². The van der Waals surface area contributed by atoms with Crippen LogP contribution in [0.2, 0.25) is 0 Å². The van der Waals surface area contributed by atoms with Crippen molar-refractivity contribution in [2.24, 2.45) is 0 Å². The lowest BCUT2D eigenvalue weighted by Gasteiger charge is -2.19. The quantitative estimate of drug-likeness (QED) is 0.635. The predicted octanol–water partition coefficient (Wildman–Crippen LogP) is 2.62. The van der Waals surface area contributed by atoms with Crippen LogP contribution in [0.5, 0.6) is 0 Å². The fourth-order valence-corrected chi connectivity index (χ4v) is 2.62. The van der Waals surface area contributed by atoms with E-state index in [-0.39, 0.29) is 18.0 Å². The summed E-state index contributed by atoms with van der Waals surface area (Å²) in [5.74, 6) is -0.385. The third-order valence-electron chi connectivity index (χ3n) is 2.25. The Hall–Kier alpha value is 0.390. The molecule has 2 aliphatic rings. The third kappa shape index (κ3) is 1.54. The molecule has 1 aliphatic heterocycles. The van der Waals surface area contributed by atoms with E-state index >= 15 is 0 Å². The molecule has 0 aromatic carbocycles. The van der Waals surface area contributed by atoms with E-state index in [9.17, 15) is 0 Å². The summed E-state index contributed by atoms with van der Waals surface area (Å²) in [4.78, 5) is 0. The van der Waals surface area contributed by atoms with Crippen LogP contribution in [0.25, 0.3) is 0 Å². The Morgan fingerprint density at radius 1 is 1.50 bits per heavy atom. The highest BCUT2D eigenvalue weighted by molar-refractivity contribution is 14.1. The Bertz CT molecular complexity index is 223. The van der Waals surface area contributed by atoms with E-state index in [2.05, 4.69) is 28.7 Å². The van der Waals surface area contributed by atoms with Crippen molar-refractivity contribution in [3.8, 4) is 0 Å². The largest absolute Gasteiger partial charge is 0.344 e. The fraction of sp³-hybridized carbons (Fsp3) is 0.778. The van der Waals surface area contributed by atoms with Crippen molar-refractivity contribution in [3.63, 3.8) is 0 Å². The zero-order valence-corrected chi connectivity index (χ0v) is 9.50. The first-order valence-electron chi connectivity index (χ1n) is 4.30. The molecule has 1 aliphatic carbocycles. The van der Waals surface area contributed by atoms with Crippen molar-refractivity contribution in [1.82, 2.24) is 0 Å². The molecule has 0 spiro atoms. The first-order chi connectivity index (χ1) is 5.58. The topological polar surface area (TPSA) is 18.5 Å². The summed E-state index contributed by atoms with van der Waals surface area (Å²) >= 11 is 2.35. The van der Waals surface area contributed by atoms with Crippen LogP contribution in [0.3, 0.4) is 0 Å². The van der Waals surface area contributed by atoms with Gasteiger partial charge in [-0.2, -0.15) is 0 Å². The van der Waals surface area contributed by atoms with Gasteiger partial charge in [0.2, 0.25) is 0 Å². The summed E-state index contributed by atoms with van der Waals surface area (Å²) in [5, 5.41) is 0. The number of fused-ring (bicyclic) bond motifs is 1. The Kier molecular flexibility index (Phi) is 2.21. The maximum atomic E-state index is 5.77. The van der Waals surface area contributed by atoms with Crippen molar-refractivity contribution in [2.45, 2.75) is 44.7 Å². The molecule has 2 atom stereocenters. The fourth-order valence-electron chi connectivity index (χ4n) is 1.78. The Balaban J connectivity index is 2.18. The normalized spacial score (nSPS) is 39.1. The Labute approximate surface area is 86.4 Å². The van der Waals surface area contributed by atoms with E-state index in [1.54, 1.807) is 0 Å². The molecule has 0 amide bonds. The lowest BCUT2D eigenvalue weighted by atomic mass is 10.0. The summed E-state index contributed by atoms with van der Waals surface area (Å²) in [7, 11) is 0. The standard InChI is InChI=1S/C9H13IO2/c1-9(2)11-7-5-3-4-6(10)8(7)12-9/h4,7-8H,3,5H2,1-2H3. The minimum atomic E-state index is -0.385. The van der Waals surface area contributed by atoms with Crippen LogP contribution >= 0.6 is 22.6 Å². The van der Waals surface area contributed by atoms with Crippen LogP contribution < -0.4 is 0 Å². The van der Waals surface area contributed by atoms with E-state index in [4.69, 9.17) is 9.47 Å². The molecule has 2 unspecified atom stereocenters. The van der Waals surface area contributed by atoms with Crippen LogP contribution in [0.4, 0.5) is 0 Å². The maximum Gasteiger partial charge on any atom is 0.164 e. The highest BCUT2D eigenvalue weighted by Gasteiger charge is 2.43. The zero-order valence-electron chi connectivity index (χ0n) is 7.34. The van der Waals surface area contributed by atoms with Crippen LogP contribution in [-0.4, -0.2) is 18.0 Å². The van der Waals surface area contributed by atoms with E-state index in [1.165, 1.54) is 3.58 Å². The smallest absolute Gasteiger partial charge is 0.164 e. The maximum absolute atomic E-state index is 5.77. The second kappa shape index (κ2) is 2.96. The number of hydrogen-bond donors (Lipinski definition) is 0. The minimum absolute atomic E-state index is 0.203. The zero-order chi connectivity index (χ0) is 8.77. The van der Waals surface area contributed by atoms with E-state index in [1.807, 2.05) is 13.8 Å². The summed E-state index contributed by atoms with van der Waals surface area (Å²) < 4.78 is 12.8. The average molecular weight is 280 g/mol. The number of rotatable bonds is 0. The molecule has 0 saturated carbocycles. The molecule has 1 saturated heterocycles. The van der Waals surface area contributed by atoms with E-state index in [0.29, 0.717) is 0 Å². The Morgan fingerprint density at radius 3 is 2.92 bits per heavy atom. The molecule has 0 aromatic heterocycles. The molecule has 68 valence electrons. The van der Waals surface area contributed by atoms with Gasteiger partial charge in [-0.15, -0.1) is 0 Å². The van der Waals surface area contributed by atoms with E-state index < -0.39 is 0 Å². The summed E-state index contributed by atoms with van der Waals surface area (Å²) in [6.07, 6.45) is 4.96. The molecule has 1 heterocycles. The monoisotopic (exact) mass is 280 g/mol. The highest BCUT2D eigenvalue weighted by atomic mass is 127. The van der Waals surface area contributed by atoms with Crippen molar-refractivity contribution in [1.29, 1.82) is 0 Å². The van der Waals surface area contributed by atoms with Gasteiger partial charge in [0, 0.05) is 3.58 Å². The lowest BCUT2D eigenvalue weighted by Crippen LogP contribution is -2.25. The molecule has 12 heavy (non-hydrogen) atoms. The second-order valence-electron chi connectivity index (χ2n) is 3.76. The predicted molar refractivity (Wildman–Crippen MR) is 55.2 cm³/mol. The number of hydrogen-bond acceptors (Lipinski definition) is 2. The first-order valence-corrected chi connectivity index (χ1v) is 5.37. The van der Waals surface area contributed by atoms with Crippen LogP contribution in [-0.2, 0) is 9.47 Å². The molecule has 0 bridgehead atoms. The van der Waals surface area contributed by atoms with Gasteiger partial charge in [0.1, 0.15) is 6.10 Å². The molecular weight excluding hydrogens is 267 g/mol. The first kappa shape index (κ1) is 8.97. The van der Waals surface area contributed by atoms with Gasteiger partial charge in [-0.05, 0) is 49.3 Å². The third-order valence-corrected chi connectivity index (χ3v) is 3.30. The second-order valence-corrected chi connectivity index (χ2v) is 5.01. The van der Waals surface area contributed by atoms with Gasteiger partial charge < -0.3 is 9.47 Å². The van der Waals surface area contributed by atoms with Gasteiger partial charge >= 0.3 is 0 Å². The van der Waals surface area contributed by atoms with Crippen molar-refractivity contribution in [3.05, 3.63) is 9.66 Å². The van der Waals surface area contributed by atoms with Crippen LogP contribution in [0.15, 0.2) is 9.66 Å². The Morgan fingerprint density at radius 2 is 2.25 bits per heavy atom. The molecule has 1 fully saturated rings. The molecule has 3 heteroatoms. The van der Waals surface area contributed by atoms with Gasteiger partial charge in [-0.25, -0.2) is 0 Å². The van der Waals surface area contributed by atoms with E-state index in [0.717, 1.165) is 12.8 Å². The SMILES string of the molecule is CC1(C)OC2CCC=C(I)C2O1. The minimum Gasteiger partial charge on any atom is -0.344 e. The molecule has 2 rings (SSSR count). The molecule has 0 aromatic rings. The number of halogens is 1. The molecular formula is C9H13IO2. The lowest BCUT2D eigenvalue weighted by molar-refractivity contribution is -0.143. The van der Waals surface area contributed by atoms with Crippen LogP contribution in [0.1, 0.15) is 26.7 Å². The number of allylic oxidation sites excluding steroid dienone is 1. The summed E-state index contributed by atoms with van der Waals surface area (Å²) in [5.41, 5.74) is 0. The number of ether oxygens (including phenoxy) is 2. The van der Waals surface area contributed by atoms with Gasteiger partial charge in [0.15, 0.2) is 5.79 Å². The highest BCUT2D eigenvalue weighted by Crippen LogP contribution is 2.39. The van der Waals surface area contributed by atoms with Crippen molar-refractivity contribution in [2.75, 3.05) is 0 Å². The van der Waals surface area contributed by atoms with Gasteiger partial charge in [0.25, 0.3) is 0 Å². The van der Waals surface area contributed by atoms with Crippen molar-refractivity contribution < 1.29 is 9.47 Å².